The number of rotatable bonds is 7. The van der Waals surface area contributed by atoms with E-state index in [9.17, 15) is 17.2 Å². The van der Waals surface area contributed by atoms with E-state index in [0.717, 1.165) is 30.2 Å². The molecular formula is C24H26ClF2N3O3S. The fraction of sp³-hybridized carbons (Fsp3) is 0.542. The van der Waals surface area contributed by atoms with E-state index in [2.05, 4.69) is 22.0 Å². The van der Waals surface area contributed by atoms with Crippen LogP contribution in [0.1, 0.15) is 24.8 Å². The van der Waals surface area contributed by atoms with Crippen LogP contribution in [0.3, 0.4) is 0 Å². The summed E-state index contributed by atoms with van der Waals surface area (Å²) in [6.07, 6.45) is 1.42. The SMILES string of the molecule is O=S(=O)(c1cnc(N2CC3(CC(OCc4ccccc4)C3)C2)c(Cl)c1)N1C[C@@H]2C[C@]2(C(F)F)C1. The minimum Gasteiger partial charge on any atom is -0.373 e. The molecule has 182 valence electrons. The molecule has 10 heteroatoms. The molecule has 3 heterocycles. The minimum atomic E-state index is -3.90. The Kier molecular flexibility index (Phi) is 5.23. The van der Waals surface area contributed by atoms with Gasteiger partial charge in [-0.3, -0.25) is 0 Å². The standard InChI is InChI=1S/C24H26ClF2N3O3S/c25-20-6-19(34(31,32)30-11-17-7-24(17,15-30)22(26)27)10-28-21(20)29-13-23(14-29)8-18(9-23)33-12-16-4-2-1-3-5-16/h1-6,10,17-18,22H,7-9,11-15H2/t17-,24-/m0/s1. The molecular weight excluding hydrogens is 484 g/mol. The van der Waals surface area contributed by atoms with Crippen LogP contribution in [-0.4, -0.2) is 56.4 Å². The number of nitrogens with zero attached hydrogens (tertiary/aromatic N) is 3. The topological polar surface area (TPSA) is 62.7 Å². The maximum absolute atomic E-state index is 13.4. The Hall–Kier alpha value is -1.81. The second-order valence-corrected chi connectivity index (χ2v) is 12.7. The monoisotopic (exact) mass is 509 g/mol. The maximum Gasteiger partial charge on any atom is 0.245 e. The summed E-state index contributed by atoms with van der Waals surface area (Å²) in [5.74, 6) is 0.304. The molecule has 2 saturated heterocycles. The molecule has 2 atom stereocenters. The van der Waals surface area contributed by atoms with Gasteiger partial charge in [0.25, 0.3) is 0 Å². The number of halogens is 3. The number of fused-ring (bicyclic) bond motifs is 1. The summed E-state index contributed by atoms with van der Waals surface area (Å²) in [4.78, 5) is 6.37. The van der Waals surface area contributed by atoms with Gasteiger partial charge in [-0.25, -0.2) is 22.2 Å². The van der Waals surface area contributed by atoms with Gasteiger partial charge in [0.15, 0.2) is 0 Å². The third kappa shape index (κ3) is 3.63. The number of hydrogen-bond donors (Lipinski definition) is 0. The average Bonchev–Trinajstić information content (AvgIpc) is 3.34. The highest BCUT2D eigenvalue weighted by Gasteiger charge is 2.67. The van der Waals surface area contributed by atoms with Gasteiger partial charge in [-0.2, -0.15) is 4.31 Å². The summed E-state index contributed by atoms with van der Waals surface area (Å²) in [5.41, 5.74) is 0.207. The third-order valence-electron chi connectivity index (χ3n) is 8.05. The number of benzene rings is 1. The maximum atomic E-state index is 13.4. The fourth-order valence-corrected chi connectivity index (χ4v) is 7.81. The van der Waals surface area contributed by atoms with Crippen LogP contribution in [0.4, 0.5) is 14.6 Å². The van der Waals surface area contributed by atoms with Crippen LogP contribution in [0.15, 0.2) is 47.5 Å². The zero-order chi connectivity index (χ0) is 23.7. The molecule has 2 aliphatic heterocycles. The Morgan fingerprint density at radius 1 is 1.15 bits per heavy atom. The highest BCUT2D eigenvalue weighted by Crippen LogP contribution is 2.62. The van der Waals surface area contributed by atoms with Crippen LogP contribution in [-0.2, 0) is 21.4 Å². The van der Waals surface area contributed by atoms with Crippen molar-refractivity contribution in [2.75, 3.05) is 31.1 Å². The Balaban J connectivity index is 1.05. The molecule has 0 amide bonds. The van der Waals surface area contributed by atoms with E-state index >= 15 is 0 Å². The summed E-state index contributed by atoms with van der Waals surface area (Å²) in [6, 6.07) is 11.5. The van der Waals surface area contributed by atoms with Crippen molar-refractivity contribution >= 4 is 27.4 Å². The molecule has 6 rings (SSSR count). The lowest BCUT2D eigenvalue weighted by Gasteiger charge is -2.59. The van der Waals surface area contributed by atoms with Crippen LogP contribution >= 0.6 is 11.6 Å². The van der Waals surface area contributed by atoms with E-state index in [1.165, 1.54) is 17.8 Å². The number of aromatic nitrogens is 1. The van der Waals surface area contributed by atoms with Gasteiger partial charge in [0.2, 0.25) is 16.4 Å². The van der Waals surface area contributed by atoms with Gasteiger partial charge < -0.3 is 9.64 Å². The first-order valence-corrected chi connectivity index (χ1v) is 13.4. The molecule has 0 radical (unpaired) electrons. The number of alkyl halides is 2. The van der Waals surface area contributed by atoms with Crippen molar-refractivity contribution in [3.63, 3.8) is 0 Å². The largest absolute Gasteiger partial charge is 0.373 e. The predicted molar refractivity (Wildman–Crippen MR) is 123 cm³/mol. The molecule has 1 aromatic heterocycles. The summed E-state index contributed by atoms with van der Waals surface area (Å²) in [5, 5.41) is 0.264. The fourth-order valence-electron chi connectivity index (χ4n) is 5.92. The molecule has 1 aromatic carbocycles. The van der Waals surface area contributed by atoms with Crippen molar-refractivity contribution < 1.29 is 21.9 Å². The average molecular weight is 510 g/mol. The number of piperidine rings is 1. The van der Waals surface area contributed by atoms with E-state index in [1.54, 1.807) is 0 Å². The Morgan fingerprint density at radius 2 is 1.88 bits per heavy atom. The highest BCUT2D eigenvalue weighted by atomic mass is 35.5. The first-order valence-electron chi connectivity index (χ1n) is 11.6. The first-order chi connectivity index (χ1) is 16.2. The summed E-state index contributed by atoms with van der Waals surface area (Å²) in [6.45, 7) is 2.22. The number of anilines is 1. The van der Waals surface area contributed by atoms with Crippen molar-refractivity contribution in [1.82, 2.24) is 9.29 Å². The highest BCUT2D eigenvalue weighted by molar-refractivity contribution is 7.89. The lowest BCUT2D eigenvalue weighted by Crippen LogP contribution is -2.64. The van der Waals surface area contributed by atoms with E-state index in [-0.39, 0.29) is 40.4 Å². The number of ether oxygens (including phenoxy) is 1. The molecule has 4 fully saturated rings. The van der Waals surface area contributed by atoms with E-state index in [1.807, 2.05) is 18.2 Å². The van der Waals surface area contributed by atoms with Crippen LogP contribution in [0.2, 0.25) is 5.02 Å². The number of pyridine rings is 1. The second kappa shape index (κ2) is 7.85. The molecule has 2 saturated carbocycles. The van der Waals surface area contributed by atoms with Crippen molar-refractivity contribution in [1.29, 1.82) is 0 Å². The van der Waals surface area contributed by atoms with Gasteiger partial charge in [0.1, 0.15) is 10.7 Å². The molecule has 2 aromatic rings. The molecule has 0 unspecified atom stereocenters. The van der Waals surface area contributed by atoms with E-state index in [0.29, 0.717) is 18.8 Å². The lowest BCUT2D eigenvalue weighted by molar-refractivity contribution is -0.0998. The molecule has 34 heavy (non-hydrogen) atoms. The van der Waals surface area contributed by atoms with Crippen molar-refractivity contribution in [2.45, 2.75) is 43.3 Å². The lowest BCUT2D eigenvalue weighted by atomic mass is 9.62. The summed E-state index contributed by atoms with van der Waals surface area (Å²) in [7, 11) is -3.90. The van der Waals surface area contributed by atoms with Gasteiger partial charge in [-0.05, 0) is 36.8 Å². The third-order valence-corrected chi connectivity index (χ3v) is 10.1. The van der Waals surface area contributed by atoms with Crippen LogP contribution in [0.25, 0.3) is 0 Å². The molecule has 2 aliphatic carbocycles. The van der Waals surface area contributed by atoms with Gasteiger partial charge >= 0.3 is 0 Å². The van der Waals surface area contributed by atoms with E-state index < -0.39 is 21.9 Å². The normalized spacial score (nSPS) is 28.1. The Bertz CT molecular complexity index is 1200. The number of hydrogen-bond acceptors (Lipinski definition) is 5. The van der Waals surface area contributed by atoms with Crippen LogP contribution < -0.4 is 4.90 Å². The molecule has 0 N–H and O–H groups in total. The quantitative estimate of drug-likeness (QED) is 0.560. The molecule has 1 spiro atoms. The number of sulfonamides is 1. The summed E-state index contributed by atoms with van der Waals surface area (Å²) >= 11 is 6.43. The molecule has 0 bridgehead atoms. The van der Waals surface area contributed by atoms with Gasteiger partial charge in [-0.15, -0.1) is 0 Å². The first kappa shape index (κ1) is 22.6. The van der Waals surface area contributed by atoms with Crippen molar-refractivity contribution in [3.05, 3.63) is 53.2 Å². The predicted octanol–water partition coefficient (Wildman–Crippen LogP) is 4.20. The molecule has 4 aliphatic rings. The minimum absolute atomic E-state index is 0.0415. The Labute approximate surface area is 202 Å². The van der Waals surface area contributed by atoms with Gasteiger partial charge in [0, 0.05) is 43.2 Å². The Morgan fingerprint density at radius 3 is 2.53 bits per heavy atom. The van der Waals surface area contributed by atoms with Gasteiger partial charge in [0.05, 0.1) is 17.7 Å². The van der Waals surface area contributed by atoms with Crippen LogP contribution in [0.5, 0.6) is 0 Å². The zero-order valence-corrected chi connectivity index (χ0v) is 20.1. The van der Waals surface area contributed by atoms with Crippen molar-refractivity contribution in [2.24, 2.45) is 16.7 Å². The molecule has 6 nitrogen and oxygen atoms in total. The van der Waals surface area contributed by atoms with E-state index in [4.69, 9.17) is 16.3 Å². The summed E-state index contributed by atoms with van der Waals surface area (Å²) < 4.78 is 59.9. The van der Waals surface area contributed by atoms with Gasteiger partial charge in [-0.1, -0.05) is 41.9 Å². The zero-order valence-electron chi connectivity index (χ0n) is 18.5. The smallest absolute Gasteiger partial charge is 0.245 e. The second-order valence-electron chi connectivity index (χ2n) is 10.4. The van der Waals surface area contributed by atoms with Crippen molar-refractivity contribution in [3.8, 4) is 0 Å². The van der Waals surface area contributed by atoms with Crippen LogP contribution in [0, 0.1) is 16.7 Å².